The Kier molecular flexibility index (Phi) is 2.15. The number of rotatable bonds is 1. The Morgan fingerprint density at radius 3 is 3.20 bits per heavy atom. The van der Waals surface area contributed by atoms with Crippen molar-refractivity contribution in [1.82, 2.24) is 14.7 Å². The average molecular weight is 222 g/mol. The van der Waals surface area contributed by atoms with E-state index < -0.39 is 0 Å². The van der Waals surface area contributed by atoms with E-state index in [1.807, 2.05) is 24.4 Å². The number of nitrogens with one attached hydrogen (secondary N) is 1. The Labute approximate surface area is 93.1 Å². The van der Waals surface area contributed by atoms with Crippen molar-refractivity contribution in [1.29, 1.82) is 0 Å². The standard InChI is InChI=1S/C11H12ClN3/c12-10-9-3-1-2-6-15(9)11(14-10)8-4-5-13-7-8/h1-3,6,8,13H,4-5,7H2. The quantitative estimate of drug-likeness (QED) is 0.799. The molecule has 0 radical (unpaired) electrons. The Morgan fingerprint density at radius 2 is 2.40 bits per heavy atom. The third kappa shape index (κ3) is 1.43. The number of hydrogen-bond acceptors (Lipinski definition) is 2. The van der Waals surface area contributed by atoms with Gasteiger partial charge in [-0.05, 0) is 25.1 Å². The maximum absolute atomic E-state index is 6.10. The van der Waals surface area contributed by atoms with Gasteiger partial charge in [-0.3, -0.25) is 0 Å². The molecule has 15 heavy (non-hydrogen) atoms. The first-order valence-electron chi connectivity index (χ1n) is 5.19. The molecular weight excluding hydrogens is 210 g/mol. The first-order valence-corrected chi connectivity index (χ1v) is 5.57. The van der Waals surface area contributed by atoms with E-state index in [1.54, 1.807) is 0 Å². The lowest BCUT2D eigenvalue weighted by Crippen LogP contribution is -2.10. The second-order valence-corrected chi connectivity index (χ2v) is 4.26. The first-order chi connectivity index (χ1) is 7.36. The molecule has 3 rings (SSSR count). The number of hydrogen-bond donors (Lipinski definition) is 1. The number of aromatic nitrogens is 2. The van der Waals surface area contributed by atoms with Crippen molar-refractivity contribution < 1.29 is 0 Å². The van der Waals surface area contributed by atoms with E-state index in [9.17, 15) is 0 Å². The molecule has 3 nitrogen and oxygen atoms in total. The molecule has 1 N–H and O–H groups in total. The summed E-state index contributed by atoms with van der Waals surface area (Å²) < 4.78 is 2.10. The van der Waals surface area contributed by atoms with E-state index >= 15 is 0 Å². The molecular formula is C11H12ClN3. The van der Waals surface area contributed by atoms with Gasteiger partial charge in [0.05, 0.1) is 5.52 Å². The highest BCUT2D eigenvalue weighted by Crippen LogP contribution is 2.26. The van der Waals surface area contributed by atoms with Crippen molar-refractivity contribution in [3.8, 4) is 0 Å². The number of nitrogens with zero attached hydrogens (tertiary/aromatic N) is 2. The summed E-state index contributed by atoms with van der Waals surface area (Å²) in [5.74, 6) is 1.58. The number of fused-ring (bicyclic) bond motifs is 1. The Balaban J connectivity index is 2.17. The van der Waals surface area contributed by atoms with Crippen LogP contribution in [-0.2, 0) is 0 Å². The van der Waals surface area contributed by atoms with Gasteiger partial charge in [0, 0.05) is 18.7 Å². The fraction of sp³-hybridized carbons (Fsp3) is 0.364. The van der Waals surface area contributed by atoms with Gasteiger partial charge in [-0.2, -0.15) is 0 Å². The Hall–Kier alpha value is -1.06. The van der Waals surface area contributed by atoms with Crippen LogP contribution in [0.2, 0.25) is 5.15 Å². The minimum absolute atomic E-state index is 0.493. The summed E-state index contributed by atoms with van der Waals surface area (Å²) in [6.07, 6.45) is 3.17. The predicted octanol–water partition coefficient (Wildman–Crippen LogP) is 2.06. The Bertz CT molecular complexity index is 486. The molecule has 0 aliphatic carbocycles. The molecule has 0 spiro atoms. The van der Waals surface area contributed by atoms with Gasteiger partial charge >= 0.3 is 0 Å². The van der Waals surface area contributed by atoms with Crippen LogP contribution in [0, 0.1) is 0 Å². The molecule has 0 bridgehead atoms. The zero-order valence-electron chi connectivity index (χ0n) is 8.28. The van der Waals surface area contributed by atoms with E-state index in [0.717, 1.165) is 30.9 Å². The molecule has 1 fully saturated rings. The van der Waals surface area contributed by atoms with Gasteiger partial charge in [0.2, 0.25) is 0 Å². The maximum atomic E-state index is 6.10. The summed E-state index contributed by atoms with van der Waals surface area (Å²) in [5.41, 5.74) is 1.00. The molecule has 0 aromatic carbocycles. The van der Waals surface area contributed by atoms with Crippen LogP contribution in [0.4, 0.5) is 0 Å². The topological polar surface area (TPSA) is 29.3 Å². The van der Waals surface area contributed by atoms with Crippen LogP contribution in [0.15, 0.2) is 24.4 Å². The molecule has 4 heteroatoms. The van der Waals surface area contributed by atoms with Crippen LogP contribution >= 0.6 is 11.6 Å². The lowest BCUT2D eigenvalue weighted by molar-refractivity contribution is 0.699. The summed E-state index contributed by atoms with van der Waals surface area (Å²) in [7, 11) is 0. The molecule has 78 valence electrons. The molecule has 1 aliphatic heterocycles. The largest absolute Gasteiger partial charge is 0.316 e. The van der Waals surface area contributed by atoms with Gasteiger partial charge in [0.1, 0.15) is 5.82 Å². The fourth-order valence-electron chi connectivity index (χ4n) is 2.19. The van der Waals surface area contributed by atoms with Crippen molar-refractivity contribution in [2.45, 2.75) is 12.3 Å². The molecule has 1 aliphatic rings. The number of imidazole rings is 1. The smallest absolute Gasteiger partial charge is 0.155 e. The van der Waals surface area contributed by atoms with Crippen molar-refractivity contribution in [2.24, 2.45) is 0 Å². The van der Waals surface area contributed by atoms with Gasteiger partial charge in [-0.25, -0.2) is 4.98 Å². The molecule has 2 aromatic rings. The van der Waals surface area contributed by atoms with E-state index in [0.29, 0.717) is 11.1 Å². The highest BCUT2D eigenvalue weighted by atomic mass is 35.5. The van der Waals surface area contributed by atoms with E-state index in [1.165, 1.54) is 0 Å². The van der Waals surface area contributed by atoms with E-state index in [-0.39, 0.29) is 0 Å². The van der Waals surface area contributed by atoms with Crippen LogP contribution in [0.1, 0.15) is 18.2 Å². The van der Waals surface area contributed by atoms with Gasteiger partial charge in [-0.15, -0.1) is 0 Å². The van der Waals surface area contributed by atoms with Crippen LogP contribution in [-0.4, -0.2) is 22.5 Å². The molecule has 3 heterocycles. The molecule has 2 aromatic heterocycles. The molecule has 0 saturated carbocycles. The highest BCUT2D eigenvalue weighted by Gasteiger charge is 2.22. The minimum atomic E-state index is 0.493. The summed E-state index contributed by atoms with van der Waals surface area (Å²) in [6, 6.07) is 6.00. The monoisotopic (exact) mass is 221 g/mol. The van der Waals surface area contributed by atoms with Crippen molar-refractivity contribution in [3.63, 3.8) is 0 Å². The lowest BCUT2D eigenvalue weighted by Gasteiger charge is -2.06. The van der Waals surface area contributed by atoms with Crippen LogP contribution in [0.25, 0.3) is 5.52 Å². The maximum Gasteiger partial charge on any atom is 0.155 e. The third-order valence-electron chi connectivity index (χ3n) is 2.96. The minimum Gasteiger partial charge on any atom is -0.316 e. The SMILES string of the molecule is Clc1nc(C2CCNC2)n2ccccc12. The predicted molar refractivity (Wildman–Crippen MR) is 60.4 cm³/mol. The highest BCUT2D eigenvalue weighted by molar-refractivity contribution is 6.32. The molecule has 0 amide bonds. The summed E-state index contributed by atoms with van der Waals surface area (Å²) in [5, 5.41) is 3.96. The van der Waals surface area contributed by atoms with Gasteiger partial charge in [0.25, 0.3) is 0 Å². The van der Waals surface area contributed by atoms with Crippen LogP contribution < -0.4 is 5.32 Å². The van der Waals surface area contributed by atoms with Gasteiger partial charge < -0.3 is 9.72 Å². The zero-order chi connectivity index (χ0) is 10.3. The van der Waals surface area contributed by atoms with E-state index in [4.69, 9.17) is 11.6 Å². The van der Waals surface area contributed by atoms with Crippen molar-refractivity contribution >= 4 is 17.1 Å². The second-order valence-electron chi connectivity index (χ2n) is 3.91. The summed E-state index contributed by atoms with van der Waals surface area (Å²) in [6.45, 7) is 2.08. The third-order valence-corrected chi connectivity index (χ3v) is 3.23. The molecule has 1 saturated heterocycles. The lowest BCUT2D eigenvalue weighted by atomic mass is 10.1. The van der Waals surface area contributed by atoms with Gasteiger partial charge in [0.15, 0.2) is 5.15 Å². The normalized spacial score (nSPS) is 21.3. The zero-order valence-corrected chi connectivity index (χ0v) is 9.04. The first kappa shape index (κ1) is 9.19. The number of halogens is 1. The van der Waals surface area contributed by atoms with Crippen molar-refractivity contribution in [2.75, 3.05) is 13.1 Å². The van der Waals surface area contributed by atoms with Crippen LogP contribution in [0.3, 0.4) is 0 Å². The molecule has 1 atom stereocenters. The summed E-state index contributed by atoms with van der Waals surface area (Å²) >= 11 is 6.10. The molecule has 1 unspecified atom stereocenters. The van der Waals surface area contributed by atoms with Gasteiger partial charge in [-0.1, -0.05) is 17.7 Å². The summed E-state index contributed by atoms with van der Waals surface area (Å²) in [4.78, 5) is 4.46. The second kappa shape index (κ2) is 3.51. The fourth-order valence-corrected chi connectivity index (χ4v) is 2.43. The average Bonchev–Trinajstić information content (AvgIpc) is 2.87. The van der Waals surface area contributed by atoms with Crippen LogP contribution in [0.5, 0.6) is 0 Å². The van der Waals surface area contributed by atoms with Crippen molar-refractivity contribution in [3.05, 3.63) is 35.4 Å². The van der Waals surface area contributed by atoms with E-state index in [2.05, 4.69) is 14.7 Å². The Morgan fingerprint density at radius 1 is 1.47 bits per heavy atom. The number of pyridine rings is 1.